The molecule has 25 heavy (non-hydrogen) atoms. The predicted molar refractivity (Wildman–Crippen MR) is 100 cm³/mol. The largest absolute Gasteiger partial charge is 0.352 e. The topological polar surface area (TPSA) is 61.4 Å². The second-order valence-electron chi connectivity index (χ2n) is 8.02. The minimum atomic E-state index is -0.0393. The van der Waals surface area contributed by atoms with Crippen LogP contribution in [0, 0.1) is 5.41 Å². The van der Waals surface area contributed by atoms with E-state index in [1.165, 1.54) is 12.8 Å². The molecule has 2 rings (SSSR count). The van der Waals surface area contributed by atoms with Crippen LogP contribution in [0.3, 0.4) is 0 Å². The number of nitrogens with one attached hydrogen (secondary N) is 2. The van der Waals surface area contributed by atoms with Gasteiger partial charge in [-0.05, 0) is 49.0 Å². The summed E-state index contributed by atoms with van der Waals surface area (Å²) in [5, 5.41) is 5.90. The second-order valence-corrected chi connectivity index (χ2v) is 8.02. The lowest BCUT2D eigenvalue weighted by molar-refractivity contribution is -0.122. The number of likely N-dealkylation sites (tertiary alicyclic amines) is 1. The molecule has 0 bridgehead atoms. The Hall–Kier alpha value is -1.88. The Morgan fingerprint density at radius 2 is 1.68 bits per heavy atom. The Balaban J connectivity index is 1.72. The molecule has 1 aliphatic rings. The zero-order valence-electron chi connectivity index (χ0n) is 15.7. The molecule has 1 aromatic carbocycles. The molecule has 5 heteroatoms. The number of amides is 2. The molecule has 1 saturated heterocycles. The minimum absolute atomic E-state index is 0.0128. The van der Waals surface area contributed by atoms with Crippen LogP contribution in [0.1, 0.15) is 56.0 Å². The van der Waals surface area contributed by atoms with Crippen molar-refractivity contribution in [2.75, 3.05) is 26.2 Å². The number of carbonyl (C=O) groups excluding carboxylic acids is 2. The van der Waals surface area contributed by atoms with E-state index in [1.54, 1.807) is 0 Å². The molecule has 2 N–H and O–H groups in total. The first kappa shape index (κ1) is 19.4. The Kier molecular flexibility index (Phi) is 7.00. The van der Waals surface area contributed by atoms with Crippen LogP contribution in [-0.2, 0) is 11.3 Å². The van der Waals surface area contributed by atoms with Gasteiger partial charge in [-0.2, -0.15) is 0 Å². The van der Waals surface area contributed by atoms with E-state index in [4.69, 9.17) is 0 Å². The van der Waals surface area contributed by atoms with Crippen molar-refractivity contribution in [3.05, 3.63) is 35.4 Å². The van der Waals surface area contributed by atoms with Crippen molar-refractivity contribution in [2.45, 2.75) is 46.6 Å². The number of carbonyl (C=O) groups is 2. The van der Waals surface area contributed by atoms with Gasteiger partial charge < -0.3 is 15.5 Å². The molecule has 0 atom stereocenters. The van der Waals surface area contributed by atoms with Crippen molar-refractivity contribution in [2.24, 2.45) is 5.41 Å². The van der Waals surface area contributed by atoms with Crippen molar-refractivity contribution in [1.82, 2.24) is 15.5 Å². The normalized spacial score (nSPS) is 15.2. The summed E-state index contributed by atoms with van der Waals surface area (Å²) in [4.78, 5) is 26.4. The van der Waals surface area contributed by atoms with E-state index in [2.05, 4.69) is 15.5 Å². The van der Waals surface area contributed by atoms with Crippen molar-refractivity contribution >= 4 is 11.8 Å². The third-order valence-corrected chi connectivity index (χ3v) is 4.31. The highest BCUT2D eigenvalue weighted by Crippen LogP contribution is 2.18. The van der Waals surface area contributed by atoms with Gasteiger partial charge in [-0.3, -0.25) is 9.59 Å². The van der Waals surface area contributed by atoms with Gasteiger partial charge in [-0.15, -0.1) is 0 Å². The molecule has 0 radical (unpaired) electrons. The van der Waals surface area contributed by atoms with Crippen molar-refractivity contribution in [1.29, 1.82) is 0 Å². The number of rotatable bonds is 7. The molecule has 1 aliphatic heterocycles. The summed E-state index contributed by atoms with van der Waals surface area (Å²) >= 11 is 0. The summed E-state index contributed by atoms with van der Waals surface area (Å²) in [6, 6.07) is 7.42. The monoisotopic (exact) mass is 345 g/mol. The smallest absolute Gasteiger partial charge is 0.251 e. The lowest BCUT2D eigenvalue weighted by atomic mass is 9.92. The van der Waals surface area contributed by atoms with Crippen LogP contribution >= 0.6 is 0 Å². The van der Waals surface area contributed by atoms with E-state index in [9.17, 15) is 9.59 Å². The zero-order valence-corrected chi connectivity index (χ0v) is 15.7. The van der Waals surface area contributed by atoms with Crippen LogP contribution in [0.15, 0.2) is 24.3 Å². The molecule has 0 saturated carbocycles. The SMILES string of the molecule is CC(C)(C)CC(=O)NCc1ccc(C(=O)NCCN2CCCC2)cc1. The number of hydrogen-bond acceptors (Lipinski definition) is 3. The van der Waals surface area contributed by atoms with Gasteiger partial charge in [0.1, 0.15) is 0 Å². The molecule has 0 unspecified atom stereocenters. The highest BCUT2D eigenvalue weighted by molar-refractivity contribution is 5.94. The second kappa shape index (κ2) is 8.99. The van der Waals surface area contributed by atoms with Gasteiger partial charge in [-0.1, -0.05) is 32.9 Å². The summed E-state index contributed by atoms with van der Waals surface area (Å²) in [7, 11) is 0. The predicted octanol–water partition coefficient (Wildman–Crippen LogP) is 2.56. The van der Waals surface area contributed by atoms with Gasteiger partial charge in [0.25, 0.3) is 5.91 Å². The van der Waals surface area contributed by atoms with E-state index in [0.29, 0.717) is 25.1 Å². The average Bonchev–Trinajstić information content (AvgIpc) is 3.05. The van der Waals surface area contributed by atoms with E-state index >= 15 is 0 Å². The summed E-state index contributed by atoms with van der Waals surface area (Å²) < 4.78 is 0. The van der Waals surface area contributed by atoms with Gasteiger partial charge in [-0.25, -0.2) is 0 Å². The maximum absolute atomic E-state index is 12.2. The molecule has 2 amide bonds. The van der Waals surface area contributed by atoms with Crippen LogP contribution in [-0.4, -0.2) is 42.9 Å². The number of nitrogens with zero attached hydrogens (tertiary/aromatic N) is 1. The molecule has 1 heterocycles. The molecule has 0 spiro atoms. The van der Waals surface area contributed by atoms with E-state index < -0.39 is 0 Å². The fourth-order valence-electron chi connectivity index (χ4n) is 2.95. The highest BCUT2D eigenvalue weighted by Gasteiger charge is 2.15. The van der Waals surface area contributed by atoms with Crippen molar-refractivity contribution in [3.63, 3.8) is 0 Å². The Bertz CT molecular complexity index is 570. The first-order chi connectivity index (χ1) is 11.8. The fraction of sp³-hybridized carbons (Fsp3) is 0.600. The standard InChI is InChI=1S/C20H31N3O2/c1-20(2,3)14-18(24)22-15-16-6-8-17(9-7-16)19(25)21-10-13-23-11-4-5-12-23/h6-9H,4-5,10-15H2,1-3H3,(H,21,25)(H,22,24). The lowest BCUT2D eigenvalue weighted by Gasteiger charge is -2.17. The summed E-state index contributed by atoms with van der Waals surface area (Å²) in [5.41, 5.74) is 1.64. The van der Waals surface area contributed by atoms with Crippen LogP contribution in [0.2, 0.25) is 0 Å². The first-order valence-corrected chi connectivity index (χ1v) is 9.20. The highest BCUT2D eigenvalue weighted by atomic mass is 16.2. The fourth-order valence-corrected chi connectivity index (χ4v) is 2.95. The Morgan fingerprint density at radius 3 is 2.28 bits per heavy atom. The maximum atomic E-state index is 12.2. The van der Waals surface area contributed by atoms with E-state index in [1.807, 2.05) is 45.0 Å². The average molecular weight is 345 g/mol. The quantitative estimate of drug-likeness (QED) is 0.798. The van der Waals surface area contributed by atoms with Crippen LogP contribution in [0.4, 0.5) is 0 Å². The number of hydrogen-bond donors (Lipinski definition) is 2. The molecule has 1 fully saturated rings. The maximum Gasteiger partial charge on any atom is 0.251 e. The van der Waals surface area contributed by atoms with Gasteiger partial charge >= 0.3 is 0 Å². The summed E-state index contributed by atoms with van der Waals surface area (Å²) in [6.07, 6.45) is 3.04. The molecule has 0 aliphatic carbocycles. The zero-order chi connectivity index (χ0) is 18.3. The Morgan fingerprint density at radius 1 is 1.04 bits per heavy atom. The van der Waals surface area contributed by atoms with Crippen LogP contribution in [0.5, 0.6) is 0 Å². The van der Waals surface area contributed by atoms with Gasteiger partial charge in [0.05, 0.1) is 0 Å². The Labute approximate surface area is 151 Å². The summed E-state index contributed by atoms with van der Waals surface area (Å²) in [6.45, 7) is 10.5. The summed E-state index contributed by atoms with van der Waals surface area (Å²) in [5.74, 6) is 0.0127. The van der Waals surface area contributed by atoms with E-state index in [0.717, 1.165) is 25.2 Å². The van der Waals surface area contributed by atoms with Gasteiger partial charge in [0.15, 0.2) is 0 Å². The molecular formula is C20H31N3O2. The lowest BCUT2D eigenvalue weighted by Crippen LogP contribution is -2.33. The number of benzene rings is 1. The molecule has 1 aromatic rings. The third kappa shape index (κ3) is 7.26. The molecule has 138 valence electrons. The molecule has 5 nitrogen and oxygen atoms in total. The van der Waals surface area contributed by atoms with Gasteiger partial charge in [0, 0.05) is 31.6 Å². The van der Waals surface area contributed by atoms with Gasteiger partial charge in [0.2, 0.25) is 5.91 Å². The van der Waals surface area contributed by atoms with Crippen LogP contribution < -0.4 is 10.6 Å². The van der Waals surface area contributed by atoms with Crippen LogP contribution in [0.25, 0.3) is 0 Å². The van der Waals surface area contributed by atoms with E-state index in [-0.39, 0.29) is 17.2 Å². The molecule has 0 aromatic heterocycles. The molecular weight excluding hydrogens is 314 g/mol. The van der Waals surface area contributed by atoms with Crippen molar-refractivity contribution < 1.29 is 9.59 Å². The minimum Gasteiger partial charge on any atom is -0.352 e. The third-order valence-electron chi connectivity index (χ3n) is 4.31. The van der Waals surface area contributed by atoms with Crippen molar-refractivity contribution in [3.8, 4) is 0 Å². The first-order valence-electron chi connectivity index (χ1n) is 9.20.